The second-order valence-corrected chi connectivity index (χ2v) is 7.79. The van der Waals surface area contributed by atoms with E-state index in [-0.39, 0.29) is 12.3 Å². The molecule has 8 nitrogen and oxygen atoms in total. The number of alkyl halides is 3. The number of halogens is 3. The van der Waals surface area contributed by atoms with E-state index in [1.165, 1.54) is 32.9 Å². The van der Waals surface area contributed by atoms with Crippen molar-refractivity contribution in [2.45, 2.75) is 52.2 Å². The van der Waals surface area contributed by atoms with E-state index in [0.717, 1.165) is 10.1 Å². The van der Waals surface area contributed by atoms with Crippen LogP contribution in [0.2, 0.25) is 0 Å². The molecular weight excluding hydrogens is 443 g/mol. The van der Waals surface area contributed by atoms with Crippen LogP contribution in [0.4, 0.5) is 23.7 Å². The predicted octanol–water partition coefficient (Wildman–Crippen LogP) is 2.97. The number of aromatic nitrogens is 1. The van der Waals surface area contributed by atoms with Crippen molar-refractivity contribution in [1.29, 1.82) is 0 Å². The van der Waals surface area contributed by atoms with Crippen LogP contribution in [0.25, 0.3) is 0 Å². The zero-order chi connectivity index (χ0) is 24.8. The fraction of sp³-hybridized carbons (Fsp3) is 0.409. The number of anilines is 1. The molecule has 2 rings (SSSR count). The van der Waals surface area contributed by atoms with Crippen LogP contribution in [0.15, 0.2) is 47.3 Å². The largest absolute Gasteiger partial charge is 0.444 e. The van der Waals surface area contributed by atoms with E-state index in [0.29, 0.717) is 5.69 Å². The first-order valence-corrected chi connectivity index (χ1v) is 10.1. The van der Waals surface area contributed by atoms with Crippen LogP contribution >= 0.6 is 0 Å². The second kappa shape index (κ2) is 11.0. The van der Waals surface area contributed by atoms with E-state index < -0.39 is 48.3 Å². The normalized spacial score (nSPS) is 13.3. The van der Waals surface area contributed by atoms with Gasteiger partial charge in [0.15, 0.2) is 6.10 Å². The molecule has 0 radical (unpaired) electrons. The van der Waals surface area contributed by atoms with Gasteiger partial charge in [0.05, 0.1) is 6.04 Å². The molecule has 2 amide bonds. The van der Waals surface area contributed by atoms with E-state index in [1.54, 1.807) is 24.3 Å². The maximum absolute atomic E-state index is 12.9. The van der Waals surface area contributed by atoms with E-state index in [9.17, 15) is 32.7 Å². The Labute approximate surface area is 188 Å². The Bertz CT molecular complexity index is 1020. The van der Waals surface area contributed by atoms with Gasteiger partial charge in [0.2, 0.25) is 5.91 Å². The van der Waals surface area contributed by atoms with E-state index >= 15 is 0 Å². The Balaban J connectivity index is 2.09. The van der Waals surface area contributed by atoms with Crippen molar-refractivity contribution in [1.82, 2.24) is 9.88 Å². The minimum Gasteiger partial charge on any atom is -0.444 e. The summed E-state index contributed by atoms with van der Waals surface area (Å²) in [6.07, 6.45) is -8.56. The van der Waals surface area contributed by atoms with Crippen molar-refractivity contribution in [3.8, 4) is 0 Å². The van der Waals surface area contributed by atoms with Gasteiger partial charge in [-0.25, -0.2) is 4.79 Å². The third-order valence-electron chi connectivity index (χ3n) is 4.87. The van der Waals surface area contributed by atoms with Crippen LogP contribution in [-0.2, 0) is 22.7 Å². The Morgan fingerprint density at radius 1 is 1.12 bits per heavy atom. The maximum Gasteiger partial charge on any atom is 0.416 e. The lowest BCUT2D eigenvalue weighted by Gasteiger charge is -2.29. The monoisotopic (exact) mass is 469 g/mol. The molecule has 0 spiro atoms. The number of nitrogens with one attached hydrogen (secondary N) is 2. The number of hydrogen-bond donors (Lipinski definition) is 3. The van der Waals surface area contributed by atoms with Crippen molar-refractivity contribution in [2.24, 2.45) is 5.92 Å². The van der Waals surface area contributed by atoms with Gasteiger partial charge in [-0.1, -0.05) is 44.2 Å². The SMILES string of the molecule is Cc1ccc(NC(=O)OCc2ccccc2)c(=O)n1CC(=O)NC(C(C)C)C(O)C(F)(F)F. The van der Waals surface area contributed by atoms with Gasteiger partial charge in [-0.2, -0.15) is 13.2 Å². The van der Waals surface area contributed by atoms with Crippen molar-refractivity contribution in [3.63, 3.8) is 0 Å². The number of ether oxygens (including phenoxy) is 1. The molecule has 0 aliphatic carbocycles. The molecule has 2 unspecified atom stereocenters. The number of aryl methyl sites for hydroxylation is 1. The predicted molar refractivity (Wildman–Crippen MR) is 115 cm³/mol. The maximum atomic E-state index is 12.9. The zero-order valence-electron chi connectivity index (χ0n) is 18.3. The fourth-order valence-corrected chi connectivity index (χ4v) is 3.02. The van der Waals surface area contributed by atoms with Gasteiger partial charge in [0, 0.05) is 5.69 Å². The molecule has 2 atom stereocenters. The van der Waals surface area contributed by atoms with Crippen molar-refractivity contribution >= 4 is 17.7 Å². The van der Waals surface area contributed by atoms with Crippen LogP contribution in [-0.4, -0.2) is 40.0 Å². The van der Waals surface area contributed by atoms with E-state index in [4.69, 9.17) is 4.74 Å². The van der Waals surface area contributed by atoms with Crippen LogP contribution in [0.3, 0.4) is 0 Å². The highest BCUT2D eigenvalue weighted by molar-refractivity contribution is 5.84. The molecule has 2 aromatic rings. The number of aliphatic hydroxyl groups is 1. The Hall–Kier alpha value is -3.34. The number of carbonyl (C=O) groups is 2. The highest BCUT2D eigenvalue weighted by Gasteiger charge is 2.45. The van der Waals surface area contributed by atoms with Crippen molar-refractivity contribution in [2.75, 3.05) is 5.32 Å². The summed E-state index contributed by atoms with van der Waals surface area (Å²) >= 11 is 0. The van der Waals surface area contributed by atoms with Crippen molar-refractivity contribution in [3.05, 3.63) is 64.1 Å². The number of rotatable bonds is 8. The first kappa shape index (κ1) is 25.9. The minimum atomic E-state index is -4.92. The zero-order valence-corrected chi connectivity index (χ0v) is 18.3. The molecule has 0 aliphatic rings. The summed E-state index contributed by atoms with van der Waals surface area (Å²) in [5.74, 6) is -1.62. The number of hydrogen-bond acceptors (Lipinski definition) is 5. The third kappa shape index (κ3) is 7.35. The van der Waals surface area contributed by atoms with Gasteiger partial charge in [0.1, 0.15) is 18.8 Å². The molecule has 33 heavy (non-hydrogen) atoms. The summed E-state index contributed by atoms with van der Waals surface area (Å²) in [4.78, 5) is 37.2. The highest BCUT2D eigenvalue weighted by atomic mass is 19.4. The minimum absolute atomic E-state index is 0.0206. The van der Waals surface area contributed by atoms with Crippen LogP contribution in [0.5, 0.6) is 0 Å². The molecule has 0 saturated heterocycles. The number of nitrogens with zero attached hydrogens (tertiary/aromatic N) is 1. The van der Waals surface area contributed by atoms with Gasteiger partial charge in [-0.05, 0) is 30.5 Å². The average molecular weight is 469 g/mol. The number of amides is 2. The molecule has 1 aromatic heterocycles. The Morgan fingerprint density at radius 3 is 2.33 bits per heavy atom. The van der Waals surface area contributed by atoms with E-state index in [1.807, 2.05) is 6.07 Å². The summed E-state index contributed by atoms with van der Waals surface area (Å²) in [7, 11) is 0. The van der Waals surface area contributed by atoms with Gasteiger partial charge in [-0.15, -0.1) is 0 Å². The fourth-order valence-electron chi connectivity index (χ4n) is 3.02. The lowest BCUT2D eigenvalue weighted by molar-refractivity contribution is -0.215. The smallest absolute Gasteiger partial charge is 0.416 e. The number of carbonyl (C=O) groups excluding carboxylic acids is 2. The lowest BCUT2D eigenvalue weighted by atomic mass is 9.98. The van der Waals surface area contributed by atoms with Gasteiger partial charge < -0.3 is 19.7 Å². The van der Waals surface area contributed by atoms with Gasteiger partial charge in [-0.3, -0.25) is 14.9 Å². The molecule has 0 bridgehead atoms. The summed E-state index contributed by atoms with van der Waals surface area (Å²) in [5, 5.41) is 14.0. The summed E-state index contributed by atoms with van der Waals surface area (Å²) in [6, 6.07) is 10.1. The van der Waals surface area contributed by atoms with Crippen molar-refractivity contribution < 1.29 is 32.6 Å². The first-order valence-electron chi connectivity index (χ1n) is 10.1. The third-order valence-corrected chi connectivity index (χ3v) is 4.87. The summed E-state index contributed by atoms with van der Waals surface area (Å²) < 4.78 is 44.8. The molecule has 11 heteroatoms. The molecule has 0 saturated carbocycles. The number of benzene rings is 1. The topological polar surface area (TPSA) is 110 Å². The first-order chi connectivity index (χ1) is 15.4. The molecule has 0 fully saturated rings. The second-order valence-electron chi connectivity index (χ2n) is 7.79. The average Bonchev–Trinajstić information content (AvgIpc) is 2.75. The van der Waals surface area contributed by atoms with Crippen LogP contribution < -0.4 is 16.2 Å². The van der Waals surface area contributed by atoms with E-state index in [2.05, 4.69) is 10.6 Å². The van der Waals surface area contributed by atoms with Gasteiger partial charge in [0.25, 0.3) is 5.56 Å². The molecule has 0 aliphatic heterocycles. The summed E-state index contributed by atoms with van der Waals surface area (Å²) in [6.45, 7) is 3.74. The standard InChI is InChI=1S/C22H26F3N3O5/c1-13(2)18(19(30)22(23,24)25)27-17(29)11-28-14(3)9-10-16(20(28)31)26-21(32)33-12-15-7-5-4-6-8-15/h4-10,13,18-19,30H,11-12H2,1-3H3,(H,26,32)(H,27,29). The summed E-state index contributed by atoms with van der Waals surface area (Å²) in [5.41, 5.74) is 0.184. The molecule has 1 heterocycles. The molecule has 1 aromatic carbocycles. The number of pyridine rings is 1. The van der Waals surface area contributed by atoms with Crippen LogP contribution in [0.1, 0.15) is 25.1 Å². The molecular formula is C22H26F3N3O5. The Morgan fingerprint density at radius 2 is 1.76 bits per heavy atom. The van der Waals surface area contributed by atoms with Crippen LogP contribution in [0, 0.1) is 12.8 Å². The van der Waals surface area contributed by atoms with Gasteiger partial charge >= 0.3 is 12.3 Å². The molecule has 180 valence electrons. The Kier molecular flexibility index (Phi) is 8.63. The quantitative estimate of drug-likeness (QED) is 0.551. The lowest BCUT2D eigenvalue weighted by Crippen LogP contribution is -2.53. The molecule has 3 N–H and O–H groups in total. The number of aliphatic hydroxyl groups excluding tert-OH is 1. The highest BCUT2D eigenvalue weighted by Crippen LogP contribution is 2.25.